The summed E-state index contributed by atoms with van der Waals surface area (Å²) in [5.74, 6) is -0.0912. The van der Waals surface area contributed by atoms with Gasteiger partial charge in [-0.05, 0) is 37.8 Å². The van der Waals surface area contributed by atoms with Crippen LogP contribution in [-0.4, -0.2) is 23.2 Å². The standard InChI is InChI=1S/C14H19NO2/c1-14(13(16)17,15-10-12-7-8-12)9-11-5-3-2-4-6-11/h2-6,12,15H,7-10H2,1H3,(H,16,17). The van der Waals surface area contributed by atoms with Crippen molar-refractivity contribution in [3.63, 3.8) is 0 Å². The van der Waals surface area contributed by atoms with Gasteiger partial charge in [0, 0.05) is 6.42 Å². The van der Waals surface area contributed by atoms with Crippen molar-refractivity contribution >= 4 is 5.97 Å². The molecule has 1 fully saturated rings. The minimum absolute atomic E-state index is 0.524. The van der Waals surface area contributed by atoms with Gasteiger partial charge in [0.2, 0.25) is 0 Å². The lowest BCUT2D eigenvalue weighted by molar-refractivity contribution is -0.144. The van der Waals surface area contributed by atoms with Crippen LogP contribution in [0.2, 0.25) is 0 Å². The van der Waals surface area contributed by atoms with Gasteiger partial charge >= 0.3 is 5.97 Å². The Hall–Kier alpha value is -1.35. The molecule has 1 saturated carbocycles. The van der Waals surface area contributed by atoms with E-state index in [2.05, 4.69) is 5.32 Å². The SMILES string of the molecule is CC(Cc1ccccc1)(NCC1CC1)C(=O)O. The second-order valence-electron chi connectivity index (χ2n) is 5.12. The molecule has 92 valence electrons. The summed E-state index contributed by atoms with van der Waals surface area (Å²) in [6.07, 6.45) is 2.98. The highest BCUT2D eigenvalue weighted by Gasteiger charge is 2.34. The fraction of sp³-hybridized carbons (Fsp3) is 0.500. The smallest absolute Gasteiger partial charge is 0.323 e. The Morgan fingerprint density at radius 3 is 2.59 bits per heavy atom. The topological polar surface area (TPSA) is 49.3 Å². The Kier molecular flexibility index (Phi) is 3.48. The minimum Gasteiger partial charge on any atom is -0.480 e. The minimum atomic E-state index is -0.857. The number of aliphatic carboxylic acids is 1. The molecule has 2 rings (SSSR count). The number of carboxylic acid groups (broad SMARTS) is 1. The first-order valence-electron chi connectivity index (χ1n) is 6.12. The quantitative estimate of drug-likeness (QED) is 0.791. The molecule has 17 heavy (non-hydrogen) atoms. The van der Waals surface area contributed by atoms with Crippen LogP contribution in [0.15, 0.2) is 30.3 Å². The van der Waals surface area contributed by atoms with E-state index in [1.807, 2.05) is 30.3 Å². The third-order valence-corrected chi connectivity index (χ3v) is 3.35. The molecule has 1 unspecified atom stereocenters. The molecule has 0 radical (unpaired) electrons. The van der Waals surface area contributed by atoms with Crippen LogP contribution in [0.25, 0.3) is 0 Å². The average molecular weight is 233 g/mol. The molecule has 1 aromatic carbocycles. The van der Waals surface area contributed by atoms with Gasteiger partial charge in [-0.25, -0.2) is 0 Å². The number of carboxylic acids is 1. The van der Waals surface area contributed by atoms with Crippen molar-refractivity contribution < 1.29 is 9.90 Å². The van der Waals surface area contributed by atoms with Crippen LogP contribution in [0.3, 0.4) is 0 Å². The van der Waals surface area contributed by atoms with Crippen LogP contribution in [0.4, 0.5) is 0 Å². The highest BCUT2D eigenvalue weighted by atomic mass is 16.4. The number of benzene rings is 1. The fourth-order valence-corrected chi connectivity index (χ4v) is 1.91. The monoisotopic (exact) mass is 233 g/mol. The van der Waals surface area contributed by atoms with Crippen molar-refractivity contribution in [3.8, 4) is 0 Å². The number of hydrogen-bond donors (Lipinski definition) is 2. The molecule has 0 spiro atoms. The normalized spacial score (nSPS) is 18.6. The van der Waals surface area contributed by atoms with Crippen molar-refractivity contribution in [1.29, 1.82) is 0 Å². The number of carbonyl (C=O) groups is 1. The summed E-state index contributed by atoms with van der Waals surface area (Å²) in [7, 11) is 0. The second-order valence-corrected chi connectivity index (χ2v) is 5.12. The maximum Gasteiger partial charge on any atom is 0.323 e. The number of rotatable bonds is 6. The van der Waals surface area contributed by atoms with E-state index in [0.717, 1.165) is 12.1 Å². The summed E-state index contributed by atoms with van der Waals surface area (Å²) in [5.41, 5.74) is 0.199. The lowest BCUT2D eigenvalue weighted by atomic mass is 9.92. The van der Waals surface area contributed by atoms with E-state index in [9.17, 15) is 9.90 Å². The van der Waals surface area contributed by atoms with E-state index >= 15 is 0 Å². The molecule has 0 heterocycles. The maximum atomic E-state index is 11.4. The second kappa shape index (κ2) is 4.88. The van der Waals surface area contributed by atoms with Crippen LogP contribution < -0.4 is 5.32 Å². The first-order valence-corrected chi connectivity index (χ1v) is 6.12. The lowest BCUT2D eigenvalue weighted by Crippen LogP contribution is -2.52. The first kappa shape index (κ1) is 12.1. The molecule has 1 aromatic rings. The molecular formula is C14H19NO2. The van der Waals surface area contributed by atoms with Gasteiger partial charge in [-0.1, -0.05) is 30.3 Å². The van der Waals surface area contributed by atoms with Gasteiger partial charge in [-0.3, -0.25) is 4.79 Å². The molecule has 0 aromatic heterocycles. The van der Waals surface area contributed by atoms with E-state index in [1.54, 1.807) is 6.92 Å². The van der Waals surface area contributed by atoms with Crippen LogP contribution in [0.1, 0.15) is 25.3 Å². The summed E-state index contributed by atoms with van der Waals surface area (Å²) in [4.78, 5) is 11.4. The van der Waals surface area contributed by atoms with Crippen LogP contribution >= 0.6 is 0 Å². The van der Waals surface area contributed by atoms with E-state index < -0.39 is 11.5 Å². The summed E-state index contributed by atoms with van der Waals surface area (Å²) in [6.45, 7) is 2.58. The zero-order chi connectivity index (χ0) is 12.3. The predicted molar refractivity (Wildman–Crippen MR) is 66.9 cm³/mol. The highest BCUT2D eigenvalue weighted by Crippen LogP contribution is 2.28. The third-order valence-electron chi connectivity index (χ3n) is 3.35. The van der Waals surface area contributed by atoms with Crippen molar-refractivity contribution in [1.82, 2.24) is 5.32 Å². The maximum absolute atomic E-state index is 11.4. The largest absolute Gasteiger partial charge is 0.480 e. The van der Waals surface area contributed by atoms with Gasteiger partial charge in [0.25, 0.3) is 0 Å². The molecule has 0 amide bonds. The molecule has 0 saturated heterocycles. The Balaban J connectivity index is 2.02. The number of hydrogen-bond acceptors (Lipinski definition) is 2. The van der Waals surface area contributed by atoms with E-state index in [-0.39, 0.29) is 0 Å². The Morgan fingerprint density at radius 2 is 2.06 bits per heavy atom. The first-order chi connectivity index (χ1) is 8.10. The molecule has 3 heteroatoms. The van der Waals surface area contributed by atoms with Gasteiger partial charge in [0.05, 0.1) is 0 Å². The van der Waals surface area contributed by atoms with Gasteiger partial charge < -0.3 is 10.4 Å². The Morgan fingerprint density at radius 1 is 1.41 bits per heavy atom. The Labute approximate surface area is 102 Å². The van der Waals surface area contributed by atoms with E-state index in [1.165, 1.54) is 12.8 Å². The highest BCUT2D eigenvalue weighted by molar-refractivity contribution is 5.78. The van der Waals surface area contributed by atoms with Gasteiger partial charge in [-0.2, -0.15) is 0 Å². The van der Waals surface area contributed by atoms with Crippen molar-refractivity contribution in [2.24, 2.45) is 5.92 Å². The summed E-state index contributed by atoms with van der Waals surface area (Å²) < 4.78 is 0. The summed E-state index contributed by atoms with van der Waals surface area (Å²) >= 11 is 0. The van der Waals surface area contributed by atoms with Crippen LogP contribution in [-0.2, 0) is 11.2 Å². The van der Waals surface area contributed by atoms with Gasteiger partial charge in [0.1, 0.15) is 5.54 Å². The lowest BCUT2D eigenvalue weighted by Gasteiger charge is -2.26. The molecule has 1 aliphatic carbocycles. The molecule has 1 aliphatic rings. The van der Waals surface area contributed by atoms with Gasteiger partial charge in [-0.15, -0.1) is 0 Å². The van der Waals surface area contributed by atoms with Crippen LogP contribution in [0, 0.1) is 5.92 Å². The predicted octanol–water partition coefficient (Wildman–Crippen LogP) is 2.07. The fourth-order valence-electron chi connectivity index (χ4n) is 1.91. The summed E-state index contributed by atoms with van der Waals surface area (Å²) in [6, 6.07) is 9.77. The third kappa shape index (κ3) is 3.30. The molecular weight excluding hydrogens is 214 g/mol. The van der Waals surface area contributed by atoms with Crippen LogP contribution in [0.5, 0.6) is 0 Å². The Bertz CT molecular complexity index is 386. The molecule has 3 nitrogen and oxygen atoms in total. The number of nitrogens with one attached hydrogen (secondary N) is 1. The van der Waals surface area contributed by atoms with E-state index in [0.29, 0.717) is 12.3 Å². The van der Waals surface area contributed by atoms with Crippen molar-refractivity contribution in [2.45, 2.75) is 31.7 Å². The zero-order valence-electron chi connectivity index (χ0n) is 10.1. The molecule has 0 aliphatic heterocycles. The molecule has 1 atom stereocenters. The van der Waals surface area contributed by atoms with Crippen molar-refractivity contribution in [3.05, 3.63) is 35.9 Å². The van der Waals surface area contributed by atoms with Crippen molar-refractivity contribution in [2.75, 3.05) is 6.54 Å². The van der Waals surface area contributed by atoms with Gasteiger partial charge in [0.15, 0.2) is 0 Å². The summed E-state index contributed by atoms with van der Waals surface area (Å²) in [5, 5.41) is 12.6. The molecule has 2 N–H and O–H groups in total. The van der Waals surface area contributed by atoms with E-state index in [4.69, 9.17) is 0 Å². The average Bonchev–Trinajstić information content (AvgIpc) is 3.11. The zero-order valence-corrected chi connectivity index (χ0v) is 10.1. The molecule has 0 bridgehead atoms.